The van der Waals surface area contributed by atoms with Gasteiger partial charge in [-0.15, -0.1) is 11.8 Å². The van der Waals surface area contributed by atoms with Crippen molar-refractivity contribution < 1.29 is 23.8 Å². The molecule has 1 aromatic heterocycles. The van der Waals surface area contributed by atoms with Crippen molar-refractivity contribution in [3.63, 3.8) is 0 Å². The van der Waals surface area contributed by atoms with Crippen molar-refractivity contribution in [2.24, 2.45) is 0 Å². The molecule has 0 bridgehead atoms. The fourth-order valence-corrected chi connectivity index (χ4v) is 4.70. The van der Waals surface area contributed by atoms with Crippen LogP contribution in [-0.4, -0.2) is 40.3 Å². The van der Waals surface area contributed by atoms with E-state index in [4.69, 9.17) is 9.15 Å². The molecule has 0 spiro atoms. The van der Waals surface area contributed by atoms with Gasteiger partial charge in [0.15, 0.2) is 0 Å². The Morgan fingerprint density at radius 3 is 2.31 bits per heavy atom. The molecule has 192 valence electrons. The van der Waals surface area contributed by atoms with Crippen molar-refractivity contribution in [1.29, 1.82) is 0 Å². The Morgan fingerprint density at radius 2 is 1.72 bits per heavy atom. The zero-order valence-electron chi connectivity index (χ0n) is 21.7. The summed E-state index contributed by atoms with van der Waals surface area (Å²) in [5, 5.41) is 12.4. The molecule has 0 saturated carbocycles. The number of methoxy groups -OCH3 is 1. The molecule has 0 aliphatic carbocycles. The van der Waals surface area contributed by atoms with Crippen LogP contribution in [0.3, 0.4) is 0 Å². The van der Waals surface area contributed by atoms with E-state index in [1.54, 1.807) is 21.0 Å². The van der Waals surface area contributed by atoms with Crippen molar-refractivity contribution in [2.45, 2.75) is 57.4 Å². The lowest BCUT2D eigenvalue weighted by Crippen LogP contribution is -2.32. The molecular weight excluding hydrogens is 476 g/mol. The first-order valence-electron chi connectivity index (χ1n) is 11.7. The van der Waals surface area contributed by atoms with Gasteiger partial charge in [-0.3, -0.25) is 14.5 Å². The molecule has 1 amide bonds. The lowest BCUT2D eigenvalue weighted by molar-refractivity contribution is -0.138. The quantitative estimate of drug-likeness (QED) is 0.315. The topological polar surface area (TPSA) is 92.0 Å². The summed E-state index contributed by atoms with van der Waals surface area (Å²) in [7, 11) is 1.63. The summed E-state index contributed by atoms with van der Waals surface area (Å²) < 4.78 is 10.2. The normalized spacial score (nSPS) is 11.5. The largest absolute Gasteiger partial charge is 0.496 e. The molecule has 0 aliphatic heterocycles. The van der Waals surface area contributed by atoms with Crippen LogP contribution >= 0.6 is 11.8 Å². The minimum absolute atomic E-state index is 0.124. The van der Waals surface area contributed by atoms with Crippen LogP contribution in [0.2, 0.25) is 0 Å². The minimum atomic E-state index is -0.916. The summed E-state index contributed by atoms with van der Waals surface area (Å²) in [5.74, 6) is 1.41. The number of anilines is 1. The van der Waals surface area contributed by atoms with Crippen LogP contribution in [0, 0.1) is 20.8 Å². The molecule has 1 heterocycles. The van der Waals surface area contributed by atoms with Gasteiger partial charge < -0.3 is 19.6 Å². The number of nitrogens with zero attached hydrogens (tertiary/aromatic N) is 1. The Morgan fingerprint density at radius 1 is 1.03 bits per heavy atom. The third-order valence-corrected chi connectivity index (χ3v) is 6.97. The highest BCUT2D eigenvalue weighted by atomic mass is 32.2. The summed E-state index contributed by atoms with van der Waals surface area (Å²) in [6.07, 6.45) is 0. The van der Waals surface area contributed by atoms with Gasteiger partial charge in [-0.1, -0.05) is 12.1 Å². The molecule has 0 aliphatic rings. The molecule has 7 nitrogen and oxygen atoms in total. The van der Waals surface area contributed by atoms with Crippen molar-refractivity contribution in [3.8, 4) is 5.75 Å². The highest BCUT2D eigenvalue weighted by Gasteiger charge is 2.28. The van der Waals surface area contributed by atoms with Crippen molar-refractivity contribution >= 4 is 29.3 Å². The third-order valence-electron chi connectivity index (χ3n) is 5.78. The number of hydrogen-bond acceptors (Lipinski definition) is 6. The van der Waals surface area contributed by atoms with Gasteiger partial charge in [0.05, 0.1) is 20.2 Å². The molecule has 0 saturated heterocycles. The molecule has 0 unspecified atom stereocenters. The number of aliphatic carboxylic acids is 1. The Bertz CT molecular complexity index is 1220. The number of thioether (sulfide) groups is 1. The number of carboxylic acid groups (broad SMARTS) is 1. The molecule has 3 aromatic rings. The van der Waals surface area contributed by atoms with E-state index in [1.807, 2.05) is 74.2 Å². The second-order valence-electron chi connectivity index (χ2n) is 9.40. The molecule has 36 heavy (non-hydrogen) atoms. The first kappa shape index (κ1) is 27.4. The van der Waals surface area contributed by atoms with E-state index in [-0.39, 0.29) is 12.5 Å². The Balaban J connectivity index is 1.73. The number of hydrogen-bond donors (Lipinski definition) is 2. The molecule has 0 radical (unpaired) electrons. The van der Waals surface area contributed by atoms with Crippen LogP contribution in [0.5, 0.6) is 5.75 Å². The van der Waals surface area contributed by atoms with Crippen LogP contribution in [0.25, 0.3) is 0 Å². The molecule has 2 aromatic carbocycles. The predicted molar refractivity (Wildman–Crippen MR) is 143 cm³/mol. The van der Waals surface area contributed by atoms with E-state index >= 15 is 0 Å². The lowest BCUT2D eigenvalue weighted by Gasteiger charge is -2.22. The summed E-state index contributed by atoms with van der Waals surface area (Å²) in [4.78, 5) is 27.4. The number of furan rings is 1. The Kier molecular flexibility index (Phi) is 8.87. The van der Waals surface area contributed by atoms with Crippen molar-refractivity contribution in [2.75, 3.05) is 19.0 Å². The SMILES string of the molecule is COc1cc(C)c(NC(=O)CN(Cc2ccc(SC(C)(C)C(=O)O)cc2)Cc2ccc(C)o2)cc1C. The number of rotatable bonds is 11. The lowest BCUT2D eigenvalue weighted by atomic mass is 10.1. The molecule has 0 atom stereocenters. The van der Waals surface area contributed by atoms with E-state index in [0.29, 0.717) is 13.1 Å². The fraction of sp³-hybridized carbons (Fsp3) is 0.357. The van der Waals surface area contributed by atoms with Gasteiger partial charge in [0, 0.05) is 17.1 Å². The van der Waals surface area contributed by atoms with Gasteiger partial charge in [0.25, 0.3) is 0 Å². The van der Waals surface area contributed by atoms with E-state index in [0.717, 1.165) is 44.5 Å². The van der Waals surface area contributed by atoms with Crippen LogP contribution in [0.15, 0.2) is 57.8 Å². The Labute approximate surface area is 216 Å². The van der Waals surface area contributed by atoms with E-state index < -0.39 is 10.7 Å². The zero-order valence-corrected chi connectivity index (χ0v) is 22.5. The van der Waals surface area contributed by atoms with Gasteiger partial charge in [-0.25, -0.2) is 0 Å². The fourth-order valence-electron chi connectivity index (χ4n) is 3.75. The zero-order chi connectivity index (χ0) is 26.5. The number of aryl methyl sites for hydroxylation is 3. The van der Waals surface area contributed by atoms with Gasteiger partial charge in [0.1, 0.15) is 22.0 Å². The second kappa shape index (κ2) is 11.7. The van der Waals surface area contributed by atoms with Crippen LogP contribution in [0.1, 0.15) is 42.1 Å². The molecular formula is C28H34N2O5S. The van der Waals surface area contributed by atoms with Crippen molar-refractivity contribution in [3.05, 3.63) is 76.7 Å². The van der Waals surface area contributed by atoms with Crippen molar-refractivity contribution in [1.82, 2.24) is 4.90 Å². The minimum Gasteiger partial charge on any atom is -0.496 e. The first-order chi connectivity index (χ1) is 17.0. The van der Waals surface area contributed by atoms with E-state index in [2.05, 4.69) is 5.32 Å². The summed E-state index contributed by atoms with van der Waals surface area (Å²) in [6.45, 7) is 10.3. The van der Waals surface area contributed by atoms with E-state index in [1.165, 1.54) is 11.8 Å². The number of carbonyl (C=O) groups is 2. The summed E-state index contributed by atoms with van der Waals surface area (Å²) in [5.41, 5.74) is 3.65. The average molecular weight is 511 g/mol. The maximum absolute atomic E-state index is 13.0. The number of benzene rings is 2. The van der Waals surface area contributed by atoms with Crippen LogP contribution < -0.4 is 10.1 Å². The maximum Gasteiger partial charge on any atom is 0.319 e. The average Bonchev–Trinajstić information content (AvgIpc) is 3.21. The highest BCUT2D eigenvalue weighted by Crippen LogP contribution is 2.33. The molecule has 0 fully saturated rings. The van der Waals surface area contributed by atoms with Crippen LogP contribution in [0.4, 0.5) is 5.69 Å². The predicted octanol–water partition coefficient (Wildman–Crippen LogP) is 5.81. The van der Waals surface area contributed by atoms with Crippen LogP contribution in [-0.2, 0) is 22.7 Å². The number of ether oxygens (including phenoxy) is 1. The number of carboxylic acids is 1. The van der Waals surface area contributed by atoms with Gasteiger partial charge in [-0.05, 0) is 87.7 Å². The second-order valence-corrected chi connectivity index (χ2v) is 11.1. The maximum atomic E-state index is 13.0. The number of carbonyl (C=O) groups excluding carboxylic acids is 1. The summed E-state index contributed by atoms with van der Waals surface area (Å²) >= 11 is 1.30. The molecule has 2 N–H and O–H groups in total. The van der Waals surface area contributed by atoms with Gasteiger partial charge in [0.2, 0.25) is 5.91 Å². The third kappa shape index (κ3) is 7.38. The van der Waals surface area contributed by atoms with E-state index in [9.17, 15) is 14.7 Å². The number of amides is 1. The number of nitrogens with one attached hydrogen (secondary N) is 1. The van der Waals surface area contributed by atoms with Gasteiger partial charge in [-0.2, -0.15) is 0 Å². The Hall–Kier alpha value is -3.23. The smallest absolute Gasteiger partial charge is 0.319 e. The van der Waals surface area contributed by atoms with Gasteiger partial charge >= 0.3 is 5.97 Å². The summed E-state index contributed by atoms with van der Waals surface area (Å²) in [6, 6.07) is 15.4. The monoisotopic (exact) mass is 510 g/mol. The molecule has 3 rings (SSSR count). The molecule has 8 heteroatoms. The standard InChI is InChI=1S/C28H34N2O5S/c1-18-14-25(34-6)19(2)13-24(18)29-26(31)17-30(16-22-10-7-20(3)35-22)15-21-8-11-23(12-9-21)36-28(4,5)27(32)33/h7-14H,15-17H2,1-6H3,(H,29,31)(H,32,33). The first-order valence-corrected chi connectivity index (χ1v) is 12.5. The highest BCUT2D eigenvalue weighted by molar-refractivity contribution is 8.01.